The molecule has 0 spiro atoms. The molecule has 1 amide bonds. The summed E-state index contributed by atoms with van der Waals surface area (Å²) in [7, 11) is 0. The Bertz CT molecular complexity index is 1280. The molecule has 164 valence electrons. The van der Waals surface area contributed by atoms with Gasteiger partial charge in [-0.2, -0.15) is 0 Å². The number of hydrogen-bond donors (Lipinski definition) is 0. The smallest absolute Gasteiger partial charge is 0.274 e. The summed E-state index contributed by atoms with van der Waals surface area (Å²) in [4.78, 5) is 26.1. The van der Waals surface area contributed by atoms with Crippen LogP contribution in [-0.2, 0) is 6.42 Å². The Morgan fingerprint density at radius 3 is 2.72 bits per heavy atom. The number of likely N-dealkylation sites (tertiary alicyclic amines) is 1. The van der Waals surface area contributed by atoms with E-state index < -0.39 is 0 Å². The molecular formula is C25H25ClN4OS. The number of aryl methyl sites for hydroxylation is 2. The molecule has 0 aliphatic carbocycles. The predicted octanol–water partition coefficient (Wildman–Crippen LogP) is 5.97. The van der Waals surface area contributed by atoms with Crippen LogP contribution in [-0.4, -0.2) is 37.8 Å². The first kappa shape index (κ1) is 21.2. The van der Waals surface area contributed by atoms with Crippen molar-refractivity contribution in [3.05, 3.63) is 75.8 Å². The molecule has 1 saturated heterocycles. The lowest BCUT2D eigenvalue weighted by atomic mass is 9.97. The van der Waals surface area contributed by atoms with Crippen molar-refractivity contribution in [1.82, 2.24) is 19.3 Å². The van der Waals surface area contributed by atoms with Crippen LogP contribution >= 0.6 is 22.9 Å². The summed E-state index contributed by atoms with van der Waals surface area (Å²) >= 11 is 8.26. The van der Waals surface area contributed by atoms with Crippen LogP contribution in [0.15, 0.2) is 48.7 Å². The molecule has 0 N–H and O–H groups in total. The maximum atomic E-state index is 13.7. The summed E-state index contributed by atoms with van der Waals surface area (Å²) in [6.07, 6.45) is 5.63. The molecule has 1 aliphatic heterocycles. The minimum Gasteiger partial charge on any atom is -0.334 e. The second kappa shape index (κ2) is 8.68. The summed E-state index contributed by atoms with van der Waals surface area (Å²) in [5.41, 5.74) is 4.41. The number of fused-ring (bicyclic) bond motifs is 1. The molecule has 32 heavy (non-hydrogen) atoms. The van der Waals surface area contributed by atoms with Crippen molar-refractivity contribution in [2.75, 3.05) is 6.54 Å². The number of carbonyl (C=O) groups excluding carboxylic acids is 1. The van der Waals surface area contributed by atoms with Gasteiger partial charge >= 0.3 is 0 Å². The van der Waals surface area contributed by atoms with Gasteiger partial charge in [0.25, 0.3) is 5.91 Å². The van der Waals surface area contributed by atoms with Crippen molar-refractivity contribution in [2.45, 2.75) is 45.6 Å². The van der Waals surface area contributed by atoms with E-state index in [1.54, 1.807) is 11.3 Å². The van der Waals surface area contributed by atoms with Gasteiger partial charge in [-0.25, -0.2) is 9.97 Å². The fourth-order valence-corrected chi connectivity index (χ4v) is 5.72. The van der Waals surface area contributed by atoms with Gasteiger partial charge in [-0.15, -0.1) is 11.3 Å². The highest BCUT2D eigenvalue weighted by Gasteiger charge is 2.32. The molecule has 5 rings (SSSR count). The molecule has 1 fully saturated rings. The van der Waals surface area contributed by atoms with Gasteiger partial charge in [-0.05, 0) is 50.3 Å². The third-order valence-electron chi connectivity index (χ3n) is 6.14. The van der Waals surface area contributed by atoms with E-state index in [9.17, 15) is 4.79 Å². The van der Waals surface area contributed by atoms with Gasteiger partial charge in [0, 0.05) is 25.2 Å². The Morgan fingerprint density at radius 2 is 1.94 bits per heavy atom. The van der Waals surface area contributed by atoms with Crippen molar-refractivity contribution in [2.24, 2.45) is 0 Å². The minimum atomic E-state index is 0.00831. The van der Waals surface area contributed by atoms with E-state index in [0.717, 1.165) is 58.2 Å². The average molecular weight is 465 g/mol. The second-order valence-electron chi connectivity index (χ2n) is 8.36. The van der Waals surface area contributed by atoms with Crippen LogP contribution in [0.3, 0.4) is 0 Å². The molecular weight excluding hydrogens is 440 g/mol. The molecule has 5 nitrogen and oxygen atoms in total. The zero-order chi connectivity index (χ0) is 22.2. The first-order valence-corrected chi connectivity index (χ1v) is 12.2. The number of hydrogen-bond acceptors (Lipinski definition) is 4. The Labute approximate surface area is 196 Å². The van der Waals surface area contributed by atoms with Gasteiger partial charge in [0.1, 0.15) is 16.5 Å². The molecule has 0 saturated carbocycles. The SMILES string of the molecule is Cc1nc(C(=O)N2CCCCC2Cc2nc3c(C)cccn3c2Cl)c(-c2ccccc2)s1. The number of aromatic nitrogens is 3. The second-order valence-corrected chi connectivity index (χ2v) is 9.92. The maximum Gasteiger partial charge on any atom is 0.274 e. The number of pyridine rings is 1. The van der Waals surface area contributed by atoms with Crippen LogP contribution in [0.1, 0.15) is 46.0 Å². The van der Waals surface area contributed by atoms with Gasteiger partial charge in [-0.3, -0.25) is 9.20 Å². The van der Waals surface area contributed by atoms with Gasteiger partial charge in [-0.1, -0.05) is 48.0 Å². The topological polar surface area (TPSA) is 50.5 Å². The quantitative estimate of drug-likeness (QED) is 0.374. The Morgan fingerprint density at radius 1 is 1.12 bits per heavy atom. The van der Waals surface area contributed by atoms with Crippen molar-refractivity contribution >= 4 is 34.5 Å². The standard InChI is InChI=1S/C25H25ClN4OS/c1-16-9-8-14-30-23(26)20(28-24(16)30)15-19-12-6-7-13-29(19)25(31)21-22(32-17(2)27-21)18-10-4-3-5-11-18/h3-5,8-11,14,19H,6-7,12-13,15H2,1-2H3. The molecule has 7 heteroatoms. The first-order valence-electron chi connectivity index (χ1n) is 11.0. The molecule has 1 aliphatic rings. The van der Waals surface area contributed by atoms with Gasteiger partial charge in [0.05, 0.1) is 15.6 Å². The van der Waals surface area contributed by atoms with E-state index in [-0.39, 0.29) is 11.9 Å². The first-order chi connectivity index (χ1) is 15.5. The summed E-state index contributed by atoms with van der Waals surface area (Å²) in [6, 6.07) is 14.1. The van der Waals surface area contributed by atoms with Crippen molar-refractivity contribution in [1.29, 1.82) is 0 Å². The van der Waals surface area contributed by atoms with Gasteiger partial charge < -0.3 is 4.90 Å². The summed E-state index contributed by atoms with van der Waals surface area (Å²) in [6.45, 7) is 4.73. The number of piperidine rings is 1. The van der Waals surface area contributed by atoms with Crippen LogP contribution in [0.5, 0.6) is 0 Å². The van der Waals surface area contributed by atoms with Crippen molar-refractivity contribution in [3.8, 4) is 10.4 Å². The molecule has 1 unspecified atom stereocenters. The molecule has 0 bridgehead atoms. The van der Waals surface area contributed by atoms with Crippen LogP contribution in [0.2, 0.25) is 5.15 Å². The third-order valence-corrected chi connectivity index (χ3v) is 7.56. The summed E-state index contributed by atoms with van der Waals surface area (Å²) < 4.78 is 1.93. The van der Waals surface area contributed by atoms with Crippen molar-refractivity contribution < 1.29 is 4.79 Å². The minimum absolute atomic E-state index is 0.00831. The highest BCUT2D eigenvalue weighted by Crippen LogP contribution is 2.33. The molecule has 4 heterocycles. The highest BCUT2D eigenvalue weighted by atomic mass is 35.5. The normalized spacial score (nSPS) is 16.6. The lowest BCUT2D eigenvalue weighted by Crippen LogP contribution is -2.45. The fraction of sp³-hybridized carbons (Fsp3) is 0.320. The summed E-state index contributed by atoms with van der Waals surface area (Å²) in [5.74, 6) is 0.00831. The van der Waals surface area contributed by atoms with Gasteiger partial charge in [0.2, 0.25) is 0 Å². The molecule has 1 atom stereocenters. The average Bonchev–Trinajstić information content (AvgIpc) is 3.36. The Hall–Kier alpha value is -2.70. The fourth-order valence-electron chi connectivity index (χ4n) is 4.55. The Kier molecular flexibility index (Phi) is 5.74. The number of rotatable bonds is 4. The molecule has 1 aromatic carbocycles. The van der Waals surface area contributed by atoms with E-state index in [0.29, 0.717) is 17.3 Å². The number of halogens is 1. The van der Waals surface area contributed by atoms with Crippen molar-refractivity contribution in [3.63, 3.8) is 0 Å². The Balaban J connectivity index is 1.47. The van der Waals surface area contributed by atoms with Crippen LogP contribution in [0.4, 0.5) is 0 Å². The van der Waals surface area contributed by atoms with Crippen LogP contribution in [0.25, 0.3) is 16.1 Å². The number of amides is 1. The van der Waals surface area contributed by atoms with Gasteiger partial charge in [0.15, 0.2) is 0 Å². The van der Waals surface area contributed by atoms with E-state index >= 15 is 0 Å². The maximum absolute atomic E-state index is 13.7. The van der Waals surface area contributed by atoms with Crippen LogP contribution < -0.4 is 0 Å². The lowest BCUT2D eigenvalue weighted by molar-refractivity contribution is 0.0608. The largest absolute Gasteiger partial charge is 0.334 e. The highest BCUT2D eigenvalue weighted by molar-refractivity contribution is 7.15. The zero-order valence-electron chi connectivity index (χ0n) is 18.2. The number of benzene rings is 1. The van der Waals surface area contributed by atoms with E-state index in [4.69, 9.17) is 16.6 Å². The predicted molar refractivity (Wildman–Crippen MR) is 130 cm³/mol. The molecule has 4 aromatic rings. The number of imidazole rings is 1. The van der Waals surface area contributed by atoms with E-state index in [1.165, 1.54) is 0 Å². The monoisotopic (exact) mass is 464 g/mol. The summed E-state index contributed by atoms with van der Waals surface area (Å²) in [5, 5.41) is 1.54. The zero-order valence-corrected chi connectivity index (χ0v) is 19.8. The third kappa shape index (κ3) is 3.82. The number of carbonyl (C=O) groups is 1. The van der Waals surface area contributed by atoms with Crippen LogP contribution in [0, 0.1) is 13.8 Å². The molecule has 3 aromatic heterocycles. The lowest BCUT2D eigenvalue weighted by Gasteiger charge is -2.35. The molecule has 0 radical (unpaired) electrons. The van der Waals surface area contributed by atoms with E-state index in [1.807, 2.05) is 71.8 Å². The number of nitrogens with zero attached hydrogens (tertiary/aromatic N) is 4. The number of thiazole rings is 1. The van der Waals surface area contributed by atoms with E-state index in [2.05, 4.69) is 4.98 Å².